The Morgan fingerprint density at radius 1 is 1.33 bits per heavy atom. The highest BCUT2D eigenvalue weighted by atomic mass is 32.2. The molecule has 1 unspecified atom stereocenters. The summed E-state index contributed by atoms with van der Waals surface area (Å²) in [4.78, 5) is 0. The number of ether oxygens (including phenoxy) is 2. The fourth-order valence-corrected chi connectivity index (χ4v) is 2.82. The van der Waals surface area contributed by atoms with Crippen LogP contribution in [-0.4, -0.2) is 26.5 Å². The minimum atomic E-state index is 0.329. The Balaban J connectivity index is 2.36. The third kappa shape index (κ3) is 2.06. The van der Waals surface area contributed by atoms with Crippen LogP contribution in [0.2, 0.25) is 0 Å². The van der Waals surface area contributed by atoms with Gasteiger partial charge in [0.15, 0.2) is 11.5 Å². The van der Waals surface area contributed by atoms with Gasteiger partial charge in [-0.15, -0.1) is 11.8 Å². The molecule has 1 atom stereocenters. The first kappa shape index (κ1) is 10.6. The predicted molar refractivity (Wildman–Crippen MR) is 62.7 cm³/mol. The van der Waals surface area contributed by atoms with E-state index in [0.29, 0.717) is 5.37 Å². The molecule has 1 aliphatic rings. The molecule has 0 spiro atoms. The minimum Gasteiger partial charge on any atom is -0.493 e. The molecule has 4 heteroatoms. The Morgan fingerprint density at radius 2 is 2.20 bits per heavy atom. The number of para-hydroxylation sites is 1. The molecule has 1 N–H and O–H groups in total. The van der Waals surface area contributed by atoms with Crippen molar-refractivity contribution in [1.82, 2.24) is 5.32 Å². The summed E-state index contributed by atoms with van der Waals surface area (Å²) in [6.45, 7) is 1.05. The Bertz CT molecular complexity index is 337. The van der Waals surface area contributed by atoms with Gasteiger partial charge in [-0.2, -0.15) is 0 Å². The van der Waals surface area contributed by atoms with Gasteiger partial charge in [-0.1, -0.05) is 12.1 Å². The summed E-state index contributed by atoms with van der Waals surface area (Å²) in [6, 6.07) is 6.00. The van der Waals surface area contributed by atoms with Crippen LogP contribution < -0.4 is 14.8 Å². The highest BCUT2D eigenvalue weighted by Crippen LogP contribution is 2.40. The molecule has 1 aliphatic heterocycles. The fourth-order valence-electron chi connectivity index (χ4n) is 1.74. The molecule has 1 aromatic carbocycles. The van der Waals surface area contributed by atoms with Crippen LogP contribution in [0.4, 0.5) is 0 Å². The van der Waals surface area contributed by atoms with Crippen LogP contribution in [-0.2, 0) is 0 Å². The molecule has 82 valence electrons. The van der Waals surface area contributed by atoms with E-state index in [-0.39, 0.29) is 0 Å². The third-order valence-electron chi connectivity index (χ3n) is 2.43. The number of nitrogens with one attached hydrogen (secondary N) is 1. The first-order chi connectivity index (χ1) is 7.36. The number of methoxy groups -OCH3 is 2. The van der Waals surface area contributed by atoms with E-state index in [1.165, 1.54) is 5.56 Å². The van der Waals surface area contributed by atoms with Gasteiger partial charge in [0.05, 0.1) is 19.6 Å². The monoisotopic (exact) mass is 225 g/mol. The van der Waals surface area contributed by atoms with Crippen molar-refractivity contribution >= 4 is 11.8 Å². The maximum Gasteiger partial charge on any atom is 0.166 e. The fraction of sp³-hybridized carbons (Fsp3) is 0.455. The lowest BCUT2D eigenvalue weighted by Gasteiger charge is -2.16. The normalized spacial score (nSPS) is 20.3. The van der Waals surface area contributed by atoms with Gasteiger partial charge in [-0.05, 0) is 6.07 Å². The summed E-state index contributed by atoms with van der Waals surface area (Å²) in [5.74, 6) is 2.78. The molecule has 0 radical (unpaired) electrons. The summed E-state index contributed by atoms with van der Waals surface area (Å²) < 4.78 is 10.7. The van der Waals surface area contributed by atoms with Crippen molar-refractivity contribution < 1.29 is 9.47 Å². The van der Waals surface area contributed by atoms with Gasteiger partial charge in [0.1, 0.15) is 0 Å². The molecule has 0 aromatic heterocycles. The minimum absolute atomic E-state index is 0.329. The average Bonchev–Trinajstić information content (AvgIpc) is 2.81. The van der Waals surface area contributed by atoms with Gasteiger partial charge < -0.3 is 14.8 Å². The first-order valence-corrected chi connectivity index (χ1v) is 5.97. The number of thioether (sulfide) groups is 1. The zero-order valence-electron chi connectivity index (χ0n) is 8.95. The van der Waals surface area contributed by atoms with E-state index in [2.05, 4.69) is 11.4 Å². The summed E-state index contributed by atoms with van der Waals surface area (Å²) in [7, 11) is 3.35. The number of benzene rings is 1. The summed E-state index contributed by atoms with van der Waals surface area (Å²) in [5.41, 5.74) is 1.17. The second kappa shape index (κ2) is 4.77. The Hall–Kier alpha value is -0.870. The van der Waals surface area contributed by atoms with E-state index in [0.717, 1.165) is 23.8 Å². The average molecular weight is 225 g/mol. The van der Waals surface area contributed by atoms with E-state index in [9.17, 15) is 0 Å². The van der Waals surface area contributed by atoms with E-state index in [4.69, 9.17) is 9.47 Å². The zero-order chi connectivity index (χ0) is 10.7. The van der Waals surface area contributed by atoms with E-state index in [1.54, 1.807) is 14.2 Å². The van der Waals surface area contributed by atoms with E-state index < -0.39 is 0 Å². The molecule has 0 bridgehead atoms. The Labute approximate surface area is 94.2 Å². The SMILES string of the molecule is COc1cccc(C2NCCS2)c1OC. The third-order valence-corrected chi connectivity index (χ3v) is 3.63. The second-order valence-electron chi connectivity index (χ2n) is 3.29. The van der Waals surface area contributed by atoms with Crippen molar-refractivity contribution in [2.45, 2.75) is 5.37 Å². The van der Waals surface area contributed by atoms with E-state index in [1.807, 2.05) is 23.9 Å². The van der Waals surface area contributed by atoms with Crippen LogP contribution in [0.15, 0.2) is 18.2 Å². The molecular weight excluding hydrogens is 210 g/mol. The van der Waals surface area contributed by atoms with Gasteiger partial charge in [-0.25, -0.2) is 0 Å². The topological polar surface area (TPSA) is 30.5 Å². The molecule has 15 heavy (non-hydrogen) atoms. The van der Waals surface area contributed by atoms with Gasteiger partial charge in [0, 0.05) is 17.9 Å². The lowest BCUT2D eigenvalue weighted by atomic mass is 10.2. The van der Waals surface area contributed by atoms with Crippen LogP contribution in [0, 0.1) is 0 Å². The van der Waals surface area contributed by atoms with Crippen LogP contribution >= 0.6 is 11.8 Å². The molecule has 1 heterocycles. The smallest absolute Gasteiger partial charge is 0.166 e. The summed E-state index contributed by atoms with van der Waals surface area (Å²) >= 11 is 1.90. The second-order valence-corrected chi connectivity index (χ2v) is 4.50. The van der Waals surface area contributed by atoms with Crippen molar-refractivity contribution in [2.75, 3.05) is 26.5 Å². The highest BCUT2D eigenvalue weighted by molar-refractivity contribution is 7.99. The molecule has 0 saturated carbocycles. The van der Waals surface area contributed by atoms with Gasteiger partial charge in [0.25, 0.3) is 0 Å². The maximum absolute atomic E-state index is 5.40. The van der Waals surface area contributed by atoms with Crippen molar-refractivity contribution in [3.8, 4) is 11.5 Å². The Morgan fingerprint density at radius 3 is 2.80 bits per heavy atom. The summed E-state index contributed by atoms with van der Waals surface area (Å²) in [5, 5.41) is 3.76. The molecule has 1 fully saturated rings. The molecular formula is C11H15NO2S. The first-order valence-electron chi connectivity index (χ1n) is 4.92. The molecule has 1 saturated heterocycles. The molecule has 1 aromatic rings. The molecule has 0 amide bonds. The molecule has 3 nitrogen and oxygen atoms in total. The number of rotatable bonds is 3. The lowest BCUT2D eigenvalue weighted by molar-refractivity contribution is 0.351. The van der Waals surface area contributed by atoms with Crippen LogP contribution in [0.1, 0.15) is 10.9 Å². The lowest BCUT2D eigenvalue weighted by Crippen LogP contribution is -2.13. The quantitative estimate of drug-likeness (QED) is 0.852. The largest absolute Gasteiger partial charge is 0.493 e. The van der Waals surface area contributed by atoms with Gasteiger partial charge >= 0.3 is 0 Å². The summed E-state index contributed by atoms with van der Waals surface area (Å²) in [6.07, 6.45) is 0. The van der Waals surface area contributed by atoms with Gasteiger partial charge in [0.2, 0.25) is 0 Å². The van der Waals surface area contributed by atoms with E-state index >= 15 is 0 Å². The van der Waals surface area contributed by atoms with Crippen LogP contribution in [0.25, 0.3) is 0 Å². The van der Waals surface area contributed by atoms with Gasteiger partial charge in [-0.3, -0.25) is 0 Å². The number of hydrogen-bond acceptors (Lipinski definition) is 4. The standard InChI is InChI=1S/C11H15NO2S/c1-13-9-5-3-4-8(10(9)14-2)11-12-6-7-15-11/h3-5,11-12H,6-7H2,1-2H3. The molecule has 0 aliphatic carbocycles. The van der Waals surface area contributed by atoms with Crippen molar-refractivity contribution in [2.24, 2.45) is 0 Å². The molecule has 2 rings (SSSR count). The Kier molecular flexibility index (Phi) is 3.38. The van der Waals surface area contributed by atoms with Crippen molar-refractivity contribution in [3.63, 3.8) is 0 Å². The number of hydrogen-bond donors (Lipinski definition) is 1. The van der Waals surface area contributed by atoms with Crippen LogP contribution in [0.5, 0.6) is 11.5 Å². The maximum atomic E-state index is 5.40. The zero-order valence-corrected chi connectivity index (χ0v) is 9.76. The predicted octanol–water partition coefficient (Wildman–Crippen LogP) is 2.04. The highest BCUT2D eigenvalue weighted by Gasteiger charge is 2.22. The van der Waals surface area contributed by atoms with Crippen molar-refractivity contribution in [1.29, 1.82) is 0 Å². The van der Waals surface area contributed by atoms with Crippen molar-refractivity contribution in [3.05, 3.63) is 23.8 Å². The van der Waals surface area contributed by atoms with Crippen LogP contribution in [0.3, 0.4) is 0 Å².